The normalized spacial score (nSPS) is 16.9. The summed E-state index contributed by atoms with van der Waals surface area (Å²) < 4.78 is 22.1. The van der Waals surface area contributed by atoms with Crippen molar-refractivity contribution in [2.75, 3.05) is 13.1 Å². The molecular weight excluding hydrogens is 226 g/mol. The summed E-state index contributed by atoms with van der Waals surface area (Å²) in [6, 6.07) is 3.18. The van der Waals surface area contributed by atoms with Crippen LogP contribution in [-0.2, 0) is 10.0 Å². The van der Waals surface area contributed by atoms with Crippen LogP contribution in [0.15, 0.2) is 29.3 Å². The zero-order valence-corrected chi connectivity index (χ0v) is 9.50. The summed E-state index contributed by atoms with van der Waals surface area (Å²) in [6.45, 7) is 1.75. The van der Waals surface area contributed by atoms with Crippen molar-refractivity contribution in [2.45, 2.75) is 11.3 Å². The minimum Gasteiger partial charge on any atom is -0.313 e. The van der Waals surface area contributed by atoms with Crippen LogP contribution < -0.4 is 10.5 Å². The molecule has 86 valence electrons. The first kappa shape index (κ1) is 11.3. The Bertz CT molecular complexity index is 505. The number of aromatic nitrogens is 1. The van der Waals surface area contributed by atoms with Crippen LogP contribution in [0.25, 0.3) is 5.57 Å². The molecule has 0 fully saturated rings. The van der Waals surface area contributed by atoms with E-state index < -0.39 is 10.0 Å². The van der Waals surface area contributed by atoms with Crippen LogP contribution >= 0.6 is 0 Å². The Labute approximate surface area is 94.4 Å². The predicted octanol–water partition coefficient (Wildman–Crippen LogP) is 0.106. The lowest BCUT2D eigenvalue weighted by atomic mass is 10.1. The number of hydrogen-bond acceptors (Lipinski definition) is 4. The third kappa shape index (κ3) is 2.46. The van der Waals surface area contributed by atoms with E-state index in [1.807, 2.05) is 0 Å². The first-order valence-electron chi connectivity index (χ1n) is 4.96. The van der Waals surface area contributed by atoms with Crippen LogP contribution in [0.2, 0.25) is 0 Å². The Balaban J connectivity index is 2.29. The van der Waals surface area contributed by atoms with Gasteiger partial charge >= 0.3 is 0 Å². The average Bonchev–Trinajstić information content (AvgIpc) is 2.29. The van der Waals surface area contributed by atoms with Gasteiger partial charge in [-0.2, -0.15) is 0 Å². The fourth-order valence-electron chi connectivity index (χ4n) is 1.59. The second-order valence-corrected chi connectivity index (χ2v) is 5.17. The van der Waals surface area contributed by atoms with Crippen molar-refractivity contribution in [3.05, 3.63) is 30.1 Å². The summed E-state index contributed by atoms with van der Waals surface area (Å²) in [6.07, 6.45) is 4.26. The molecule has 0 aliphatic carbocycles. The van der Waals surface area contributed by atoms with E-state index in [0.29, 0.717) is 0 Å². The Morgan fingerprint density at radius 2 is 2.19 bits per heavy atom. The Kier molecular flexibility index (Phi) is 3.04. The number of hydrogen-bond donors (Lipinski definition) is 2. The number of rotatable bonds is 2. The number of primary sulfonamides is 1. The molecular formula is C10H13N3O2S. The van der Waals surface area contributed by atoms with Gasteiger partial charge < -0.3 is 5.32 Å². The number of nitrogens with one attached hydrogen (secondary N) is 1. The van der Waals surface area contributed by atoms with Gasteiger partial charge in [0.15, 0.2) is 0 Å². The maximum absolute atomic E-state index is 11.0. The lowest BCUT2D eigenvalue weighted by molar-refractivity contribution is 0.597. The van der Waals surface area contributed by atoms with Gasteiger partial charge in [-0.05, 0) is 30.7 Å². The lowest BCUT2D eigenvalue weighted by Crippen LogP contribution is -2.20. The first-order chi connectivity index (χ1) is 7.57. The van der Waals surface area contributed by atoms with E-state index in [4.69, 9.17) is 5.14 Å². The zero-order chi connectivity index (χ0) is 11.6. The van der Waals surface area contributed by atoms with E-state index in [2.05, 4.69) is 16.4 Å². The molecule has 0 bridgehead atoms. The van der Waals surface area contributed by atoms with E-state index >= 15 is 0 Å². The Hall–Kier alpha value is -1.24. The van der Waals surface area contributed by atoms with Crippen LogP contribution in [0, 0.1) is 0 Å². The van der Waals surface area contributed by atoms with Crippen LogP contribution in [0.5, 0.6) is 0 Å². The monoisotopic (exact) mass is 239 g/mol. The second-order valence-electron chi connectivity index (χ2n) is 3.61. The van der Waals surface area contributed by atoms with Crippen molar-refractivity contribution < 1.29 is 8.42 Å². The minimum atomic E-state index is -3.64. The molecule has 0 atom stereocenters. The van der Waals surface area contributed by atoms with Crippen LogP contribution in [-0.4, -0.2) is 26.5 Å². The molecule has 0 saturated heterocycles. The highest BCUT2D eigenvalue weighted by atomic mass is 32.2. The fourth-order valence-corrected chi connectivity index (χ4v) is 2.05. The predicted molar refractivity (Wildman–Crippen MR) is 61.1 cm³/mol. The van der Waals surface area contributed by atoms with Gasteiger partial charge in [0.05, 0.1) is 5.69 Å². The standard InChI is InChI=1S/C10H13N3O2S/c11-16(14,15)9-1-2-10(13-7-9)8-3-5-12-6-4-8/h1-3,7,12H,4-6H2,(H2,11,14,15). The SMILES string of the molecule is NS(=O)(=O)c1ccc(C2=CCNCC2)nc1. The van der Waals surface area contributed by atoms with Gasteiger partial charge in [0.25, 0.3) is 0 Å². The van der Waals surface area contributed by atoms with Crippen molar-refractivity contribution in [2.24, 2.45) is 5.14 Å². The summed E-state index contributed by atoms with van der Waals surface area (Å²) in [4.78, 5) is 4.16. The van der Waals surface area contributed by atoms with Crippen molar-refractivity contribution in [3.63, 3.8) is 0 Å². The highest BCUT2D eigenvalue weighted by molar-refractivity contribution is 7.89. The number of pyridine rings is 1. The summed E-state index contributed by atoms with van der Waals surface area (Å²) >= 11 is 0. The largest absolute Gasteiger partial charge is 0.313 e. The zero-order valence-electron chi connectivity index (χ0n) is 8.68. The fraction of sp³-hybridized carbons (Fsp3) is 0.300. The second kappa shape index (κ2) is 4.32. The summed E-state index contributed by atoms with van der Waals surface area (Å²) in [5, 5.41) is 8.19. The molecule has 0 saturated carbocycles. The van der Waals surface area contributed by atoms with Gasteiger partial charge in [-0.1, -0.05) is 6.08 Å². The van der Waals surface area contributed by atoms with Gasteiger partial charge in [0.1, 0.15) is 4.90 Å². The molecule has 0 aromatic carbocycles. The van der Waals surface area contributed by atoms with Gasteiger partial charge in [0, 0.05) is 12.7 Å². The van der Waals surface area contributed by atoms with Crippen molar-refractivity contribution in [1.82, 2.24) is 10.3 Å². The smallest absolute Gasteiger partial charge is 0.239 e. The third-order valence-corrected chi connectivity index (χ3v) is 3.36. The highest BCUT2D eigenvalue weighted by Gasteiger charge is 2.10. The van der Waals surface area contributed by atoms with E-state index in [1.54, 1.807) is 6.07 Å². The van der Waals surface area contributed by atoms with Crippen LogP contribution in [0.4, 0.5) is 0 Å². The summed E-state index contributed by atoms with van der Waals surface area (Å²) in [5.74, 6) is 0. The highest BCUT2D eigenvalue weighted by Crippen LogP contribution is 2.18. The summed E-state index contributed by atoms with van der Waals surface area (Å²) in [7, 11) is -3.64. The minimum absolute atomic E-state index is 0.0470. The average molecular weight is 239 g/mol. The summed E-state index contributed by atoms with van der Waals surface area (Å²) in [5.41, 5.74) is 1.95. The van der Waals surface area contributed by atoms with Crippen LogP contribution in [0.1, 0.15) is 12.1 Å². The molecule has 1 aromatic rings. The lowest BCUT2D eigenvalue weighted by Gasteiger charge is -2.13. The molecule has 0 spiro atoms. The van der Waals surface area contributed by atoms with Gasteiger partial charge in [-0.15, -0.1) is 0 Å². The molecule has 2 rings (SSSR count). The van der Waals surface area contributed by atoms with E-state index in [1.165, 1.54) is 12.3 Å². The van der Waals surface area contributed by atoms with Crippen molar-refractivity contribution in [1.29, 1.82) is 0 Å². The number of sulfonamides is 1. The molecule has 2 heterocycles. The van der Waals surface area contributed by atoms with Crippen molar-refractivity contribution >= 4 is 15.6 Å². The quantitative estimate of drug-likeness (QED) is 0.767. The molecule has 0 radical (unpaired) electrons. The molecule has 1 aromatic heterocycles. The van der Waals surface area contributed by atoms with E-state index in [-0.39, 0.29) is 4.90 Å². The Morgan fingerprint density at radius 3 is 2.69 bits per heavy atom. The van der Waals surface area contributed by atoms with Crippen molar-refractivity contribution in [3.8, 4) is 0 Å². The van der Waals surface area contributed by atoms with Gasteiger partial charge in [0.2, 0.25) is 10.0 Å². The number of nitrogens with zero attached hydrogens (tertiary/aromatic N) is 1. The topological polar surface area (TPSA) is 85.1 Å². The van der Waals surface area contributed by atoms with E-state index in [9.17, 15) is 8.42 Å². The third-order valence-electron chi connectivity index (χ3n) is 2.46. The maximum Gasteiger partial charge on any atom is 0.239 e. The first-order valence-corrected chi connectivity index (χ1v) is 6.51. The van der Waals surface area contributed by atoms with Gasteiger partial charge in [-0.25, -0.2) is 13.6 Å². The van der Waals surface area contributed by atoms with E-state index in [0.717, 1.165) is 30.8 Å². The molecule has 16 heavy (non-hydrogen) atoms. The number of nitrogens with two attached hydrogens (primary N) is 1. The Morgan fingerprint density at radius 1 is 1.38 bits per heavy atom. The molecule has 0 unspecified atom stereocenters. The van der Waals surface area contributed by atoms with Crippen LogP contribution in [0.3, 0.4) is 0 Å². The molecule has 1 aliphatic heterocycles. The molecule has 6 heteroatoms. The van der Waals surface area contributed by atoms with Gasteiger partial charge in [-0.3, -0.25) is 4.98 Å². The molecule has 5 nitrogen and oxygen atoms in total. The molecule has 0 amide bonds. The molecule has 3 N–H and O–H groups in total. The maximum atomic E-state index is 11.0. The molecule has 1 aliphatic rings.